The van der Waals surface area contributed by atoms with Crippen molar-refractivity contribution in [1.29, 1.82) is 0 Å². The topological polar surface area (TPSA) is 47.7 Å². The standard InChI is InChI=1S/C18H24N2O3S/c1-13-19-16(12-24-13)11-22-10-15-6-17-18(7-15)23-5-3-20(17)8-14-2-4-21-9-14/h2,4,9,12,15,17-18H,3,5-8,10-11H2,1H3/t15-,17+,18+/m0/s1. The minimum absolute atomic E-state index is 0.348. The van der Waals surface area contributed by atoms with E-state index >= 15 is 0 Å². The Balaban J connectivity index is 1.28. The first kappa shape index (κ1) is 16.3. The molecular weight excluding hydrogens is 324 g/mol. The number of fused-ring (bicyclic) bond motifs is 1. The lowest BCUT2D eigenvalue weighted by molar-refractivity contribution is -0.0591. The van der Waals surface area contributed by atoms with Crippen molar-refractivity contribution in [3.05, 3.63) is 40.2 Å². The molecule has 0 aromatic carbocycles. The zero-order valence-corrected chi connectivity index (χ0v) is 14.8. The van der Waals surface area contributed by atoms with Gasteiger partial charge in [0.25, 0.3) is 0 Å². The molecule has 0 unspecified atom stereocenters. The van der Waals surface area contributed by atoms with Crippen LogP contribution in [-0.2, 0) is 22.6 Å². The number of aromatic nitrogens is 1. The van der Waals surface area contributed by atoms with Gasteiger partial charge in [-0.1, -0.05) is 0 Å². The van der Waals surface area contributed by atoms with Crippen molar-refractivity contribution in [3.8, 4) is 0 Å². The summed E-state index contributed by atoms with van der Waals surface area (Å²) in [7, 11) is 0. The van der Waals surface area contributed by atoms with E-state index < -0.39 is 0 Å². The smallest absolute Gasteiger partial charge is 0.0947 e. The van der Waals surface area contributed by atoms with Gasteiger partial charge in [-0.15, -0.1) is 11.3 Å². The molecule has 0 spiro atoms. The van der Waals surface area contributed by atoms with Crippen LogP contribution in [0.1, 0.15) is 29.1 Å². The summed E-state index contributed by atoms with van der Waals surface area (Å²) in [5.41, 5.74) is 2.29. The second kappa shape index (κ2) is 7.35. The van der Waals surface area contributed by atoms with Crippen LogP contribution in [0, 0.1) is 12.8 Å². The van der Waals surface area contributed by atoms with E-state index in [4.69, 9.17) is 13.9 Å². The Bertz CT molecular complexity index is 642. The summed E-state index contributed by atoms with van der Waals surface area (Å²) in [4.78, 5) is 7.00. The van der Waals surface area contributed by atoms with Gasteiger partial charge in [0.2, 0.25) is 0 Å². The fraction of sp³-hybridized carbons (Fsp3) is 0.611. The zero-order chi connectivity index (χ0) is 16.4. The van der Waals surface area contributed by atoms with Crippen LogP contribution in [0.25, 0.3) is 0 Å². The highest BCUT2D eigenvalue weighted by Gasteiger charge is 2.40. The molecule has 1 saturated heterocycles. The summed E-state index contributed by atoms with van der Waals surface area (Å²) in [5.74, 6) is 0.574. The number of hydrogen-bond donors (Lipinski definition) is 0. The summed E-state index contributed by atoms with van der Waals surface area (Å²) < 4.78 is 17.1. The average Bonchev–Trinajstić information content (AvgIpc) is 3.29. The van der Waals surface area contributed by atoms with Crippen molar-refractivity contribution < 1.29 is 13.9 Å². The van der Waals surface area contributed by atoms with E-state index in [-0.39, 0.29) is 0 Å². The number of furan rings is 1. The van der Waals surface area contributed by atoms with Crippen molar-refractivity contribution in [2.75, 3.05) is 19.8 Å². The van der Waals surface area contributed by atoms with Gasteiger partial charge in [-0.05, 0) is 31.7 Å². The van der Waals surface area contributed by atoms with Gasteiger partial charge in [0.05, 0.1) is 49.2 Å². The molecule has 0 radical (unpaired) electrons. The van der Waals surface area contributed by atoms with Gasteiger partial charge in [0.15, 0.2) is 0 Å². The van der Waals surface area contributed by atoms with Gasteiger partial charge in [-0.25, -0.2) is 4.98 Å². The van der Waals surface area contributed by atoms with Crippen molar-refractivity contribution in [2.24, 2.45) is 5.92 Å². The fourth-order valence-corrected chi connectivity index (χ4v) is 4.48. The Hall–Kier alpha value is -1.21. The maximum Gasteiger partial charge on any atom is 0.0947 e. The predicted octanol–water partition coefficient (Wildman–Crippen LogP) is 3.24. The first-order chi connectivity index (χ1) is 11.8. The lowest BCUT2D eigenvalue weighted by Crippen LogP contribution is -2.47. The molecule has 0 bridgehead atoms. The molecule has 2 aromatic heterocycles. The van der Waals surface area contributed by atoms with E-state index in [2.05, 4.69) is 21.3 Å². The maximum atomic E-state index is 6.02. The van der Waals surface area contributed by atoms with Gasteiger partial charge >= 0.3 is 0 Å². The highest BCUT2D eigenvalue weighted by Crippen LogP contribution is 2.35. The third-order valence-corrected chi connectivity index (χ3v) is 5.81. The summed E-state index contributed by atoms with van der Waals surface area (Å²) in [6, 6.07) is 2.55. The van der Waals surface area contributed by atoms with E-state index in [9.17, 15) is 0 Å². The van der Waals surface area contributed by atoms with E-state index in [1.807, 2.05) is 13.2 Å². The van der Waals surface area contributed by atoms with Crippen molar-refractivity contribution in [1.82, 2.24) is 9.88 Å². The zero-order valence-electron chi connectivity index (χ0n) is 14.0. The third-order valence-electron chi connectivity index (χ3n) is 4.98. The summed E-state index contributed by atoms with van der Waals surface area (Å²) in [5, 5.41) is 3.18. The van der Waals surface area contributed by atoms with Crippen LogP contribution in [0.3, 0.4) is 0 Å². The molecule has 1 aliphatic heterocycles. The Morgan fingerprint density at radius 1 is 1.42 bits per heavy atom. The summed E-state index contributed by atoms with van der Waals surface area (Å²) >= 11 is 1.68. The first-order valence-electron chi connectivity index (χ1n) is 8.63. The van der Waals surface area contributed by atoms with Gasteiger partial charge in [0, 0.05) is 30.1 Å². The third kappa shape index (κ3) is 3.72. The van der Waals surface area contributed by atoms with Crippen molar-refractivity contribution in [2.45, 2.75) is 45.1 Å². The maximum absolute atomic E-state index is 6.02. The number of ether oxygens (including phenoxy) is 2. The summed E-state index contributed by atoms with van der Waals surface area (Å²) in [6.07, 6.45) is 6.19. The normalized spacial score (nSPS) is 27.5. The number of nitrogens with zero attached hydrogens (tertiary/aromatic N) is 2. The average molecular weight is 348 g/mol. The molecule has 0 amide bonds. The molecule has 3 atom stereocenters. The molecule has 2 aliphatic rings. The van der Waals surface area contributed by atoms with Crippen LogP contribution in [0.5, 0.6) is 0 Å². The minimum Gasteiger partial charge on any atom is -0.472 e. The minimum atomic E-state index is 0.348. The molecule has 24 heavy (non-hydrogen) atoms. The molecule has 4 rings (SSSR count). The van der Waals surface area contributed by atoms with Crippen LogP contribution < -0.4 is 0 Å². The fourth-order valence-electron chi connectivity index (χ4n) is 3.88. The van der Waals surface area contributed by atoms with Gasteiger partial charge < -0.3 is 13.9 Å². The molecule has 1 aliphatic carbocycles. The number of rotatable bonds is 6. The van der Waals surface area contributed by atoms with Gasteiger partial charge in [-0.3, -0.25) is 4.90 Å². The molecule has 3 heterocycles. The SMILES string of the molecule is Cc1nc(COC[C@H]2C[C@@H]3[C@@H](C2)OCCN3Cc2ccoc2)cs1. The van der Waals surface area contributed by atoms with Gasteiger partial charge in [-0.2, -0.15) is 0 Å². The molecule has 130 valence electrons. The lowest BCUT2D eigenvalue weighted by Gasteiger charge is -2.37. The van der Waals surface area contributed by atoms with Crippen LogP contribution >= 0.6 is 11.3 Å². The molecule has 2 aromatic rings. The molecule has 2 fully saturated rings. The predicted molar refractivity (Wildman–Crippen MR) is 91.9 cm³/mol. The second-order valence-electron chi connectivity index (χ2n) is 6.79. The lowest BCUT2D eigenvalue weighted by atomic mass is 10.1. The van der Waals surface area contributed by atoms with Crippen LogP contribution in [0.15, 0.2) is 28.4 Å². The van der Waals surface area contributed by atoms with Crippen LogP contribution in [-0.4, -0.2) is 41.8 Å². The molecular formula is C18H24N2O3S. The van der Waals surface area contributed by atoms with E-state index in [1.54, 1.807) is 17.6 Å². The van der Waals surface area contributed by atoms with E-state index in [0.717, 1.165) is 49.8 Å². The second-order valence-corrected chi connectivity index (χ2v) is 7.85. The Labute approximate surface area is 146 Å². The van der Waals surface area contributed by atoms with Crippen LogP contribution in [0.4, 0.5) is 0 Å². The van der Waals surface area contributed by atoms with Crippen molar-refractivity contribution in [3.63, 3.8) is 0 Å². The number of morpholine rings is 1. The largest absolute Gasteiger partial charge is 0.472 e. The van der Waals surface area contributed by atoms with Crippen LogP contribution in [0.2, 0.25) is 0 Å². The number of hydrogen-bond acceptors (Lipinski definition) is 6. The Morgan fingerprint density at radius 3 is 3.17 bits per heavy atom. The highest BCUT2D eigenvalue weighted by molar-refractivity contribution is 7.09. The first-order valence-corrected chi connectivity index (χ1v) is 9.51. The van der Waals surface area contributed by atoms with Crippen molar-refractivity contribution >= 4 is 11.3 Å². The van der Waals surface area contributed by atoms with Gasteiger partial charge in [0.1, 0.15) is 0 Å². The summed E-state index contributed by atoms with van der Waals surface area (Å²) in [6.45, 7) is 6.22. The molecule has 6 heteroatoms. The number of thiazole rings is 1. The quantitative estimate of drug-likeness (QED) is 0.802. The molecule has 0 N–H and O–H groups in total. The Morgan fingerprint density at radius 2 is 2.38 bits per heavy atom. The number of aryl methyl sites for hydroxylation is 1. The molecule has 1 saturated carbocycles. The molecule has 5 nitrogen and oxygen atoms in total. The van der Waals surface area contributed by atoms with E-state index in [1.165, 1.54) is 5.56 Å². The van der Waals surface area contributed by atoms with E-state index in [0.29, 0.717) is 24.7 Å². The Kier molecular flexibility index (Phi) is 4.98. The highest BCUT2D eigenvalue weighted by atomic mass is 32.1. The monoisotopic (exact) mass is 348 g/mol.